The molecular weight excluding hydrogens is 240 g/mol. The van der Waals surface area contributed by atoms with Gasteiger partial charge < -0.3 is 0 Å². The number of hydrogen-bond donors (Lipinski definition) is 0. The highest BCUT2D eigenvalue weighted by atomic mass is 16.1. The van der Waals surface area contributed by atoms with Crippen LogP contribution in [0.1, 0.15) is 26.3 Å². The van der Waals surface area contributed by atoms with Crippen LogP contribution in [0.5, 0.6) is 0 Å². The second-order valence-electron chi connectivity index (χ2n) is 5.87. The Hall–Kier alpha value is -1.97. The van der Waals surface area contributed by atoms with Gasteiger partial charge >= 0.3 is 0 Å². The molecule has 0 fully saturated rings. The van der Waals surface area contributed by atoms with E-state index in [1.807, 2.05) is 45.9 Å². The Bertz CT molecular complexity index is 693. The summed E-state index contributed by atoms with van der Waals surface area (Å²) in [6.07, 6.45) is 1.45. The zero-order valence-electron chi connectivity index (χ0n) is 11.7. The summed E-state index contributed by atoms with van der Waals surface area (Å²) >= 11 is 0. The van der Waals surface area contributed by atoms with Gasteiger partial charge in [-0.05, 0) is 19.1 Å². The first-order valence-corrected chi connectivity index (χ1v) is 6.28. The summed E-state index contributed by atoms with van der Waals surface area (Å²) in [5.41, 5.74) is 1.05. The number of nitrogens with zero attached hydrogens (tertiary/aromatic N) is 2. The quantitative estimate of drug-likeness (QED) is 0.830. The highest BCUT2D eigenvalue weighted by Gasteiger charge is 2.21. The van der Waals surface area contributed by atoms with Gasteiger partial charge in [0.15, 0.2) is 5.78 Å². The number of ketones is 1. The maximum Gasteiger partial charge on any atom is 0.261 e. The van der Waals surface area contributed by atoms with Gasteiger partial charge in [0, 0.05) is 5.41 Å². The highest BCUT2D eigenvalue weighted by molar-refractivity contribution is 5.84. The van der Waals surface area contributed by atoms with Crippen molar-refractivity contribution in [2.75, 3.05) is 0 Å². The molecule has 0 spiro atoms. The topological polar surface area (TPSA) is 52.0 Å². The fraction of sp³-hybridized carbons (Fsp3) is 0.400. The van der Waals surface area contributed by atoms with Crippen molar-refractivity contribution >= 4 is 16.7 Å². The number of aryl methyl sites for hydroxylation is 1. The third-order valence-electron chi connectivity index (χ3n) is 3.13. The minimum atomic E-state index is -0.457. The average Bonchev–Trinajstić information content (AvgIpc) is 2.32. The lowest BCUT2D eigenvalue weighted by Crippen LogP contribution is -2.30. The molecule has 1 aromatic carbocycles. The molecule has 0 aliphatic rings. The summed E-state index contributed by atoms with van der Waals surface area (Å²) in [5.74, 6) is 0.0170. The molecule has 0 N–H and O–H groups in total. The van der Waals surface area contributed by atoms with E-state index >= 15 is 0 Å². The minimum Gasteiger partial charge on any atom is -0.297 e. The van der Waals surface area contributed by atoms with Crippen LogP contribution in [0.15, 0.2) is 29.3 Å². The lowest BCUT2D eigenvalue weighted by Gasteiger charge is -2.17. The van der Waals surface area contributed by atoms with Crippen LogP contribution in [0.2, 0.25) is 0 Å². The van der Waals surface area contributed by atoms with Crippen molar-refractivity contribution in [3.8, 4) is 0 Å². The molecule has 0 aliphatic heterocycles. The molecule has 0 bridgehead atoms. The number of aromatic nitrogens is 2. The van der Waals surface area contributed by atoms with Crippen LogP contribution in [0.25, 0.3) is 10.9 Å². The first kappa shape index (κ1) is 13.5. The van der Waals surface area contributed by atoms with E-state index in [4.69, 9.17) is 0 Å². The zero-order valence-corrected chi connectivity index (χ0v) is 11.7. The molecule has 0 saturated heterocycles. The van der Waals surface area contributed by atoms with Crippen molar-refractivity contribution in [3.63, 3.8) is 0 Å². The van der Waals surface area contributed by atoms with Gasteiger partial charge in [-0.15, -0.1) is 0 Å². The fourth-order valence-electron chi connectivity index (χ4n) is 1.78. The number of benzene rings is 1. The first-order chi connectivity index (χ1) is 8.79. The number of rotatable bonds is 2. The molecule has 2 rings (SSSR count). The van der Waals surface area contributed by atoms with Crippen molar-refractivity contribution in [3.05, 3.63) is 40.4 Å². The van der Waals surface area contributed by atoms with Gasteiger partial charge in [0.2, 0.25) is 0 Å². The SMILES string of the molecule is Cc1ccc2ncn(CC(=O)C(C)(C)C)c(=O)c2c1. The number of fused-ring (bicyclic) bond motifs is 1. The summed E-state index contributed by atoms with van der Waals surface area (Å²) in [7, 11) is 0. The third-order valence-corrected chi connectivity index (χ3v) is 3.13. The van der Waals surface area contributed by atoms with Crippen LogP contribution in [-0.2, 0) is 11.3 Å². The van der Waals surface area contributed by atoms with Crippen molar-refractivity contribution in [2.45, 2.75) is 34.2 Å². The molecule has 0 aliphatic carbocycles. The van der Waals surface area contributed by atoms with Crippen molar-refractivity contribution in [2.24, 2.45) is 5.41 Å². The molecule has 0 unspecified atom stereocenters. The summed E-state index contributed by atoms with van der Waals surface area (Å²) in [6, 6.07) is 5.55. The fourth-order valence-corrected chi connectivity index (χ4v) is 1.78. The number of Topliss-reactive ketones (excluding diaryl/α,β-unsaturated/α-hetero) is 1. The Morgan fingerprint density at radius 1 is 1.32 bits per heavy atom. The molecule has 1 heterocycles. The molecule has 2 aromatic rings. The van der Waals surface area contributed by atoms with Crippen LogP contribution < -0.4 is 5.56 Å². The summed E-state index contributed by atoms with van der Waals surface area (Å²) in [6.45, 7) is 7.53. The van der Waals surface area contributed by atoms with Crippen LogP contribution >= 0.6 is 0 Å². The smallest absolute Gasteiger partial charge is 0.261 e. The van der Waals surface area contributed by atoms with E-state index in [9.17, 15) is 9.59 Å². The molecule has 100 valence electrons. The molecule has 19 heavy (non-hydrogen) atoms. The Morgan fingerprint density at radius 2 is 2.00 bits per heavy atom. The van der Waals surface area contributed by atoms with E-state index in [-0.39, 0.29) is 17.9 Å². The zero-order chi connectivity index (χ0) is 14.2. The van der Waals surface area contributed by atoms with Gasteiger partial charge in [-0.3, -0.25) is 14.2 Å². The third kappa shape index (κ3) is 2.72. The Balaban J connectivity index is 2.49. The monoisotopic (exact) mass is 258 g/mol. The summed E-state index contributed by atoms with van der Waals surface area (Å²) < 4.78 is 1.38. The standard InChI is InChI=1S/C15H18N2O2/c1-10-5-6-12-11(7-10)14(19)17(9-16-12)8-13(18)15(2,3)4/h5-7,9H,8H2,1-4H3. The van der Waals surface area contributed by atoms with Gasteiger partial charge in [0.25, 0.3) is 5.56 Å². The van der Waals surface area contributed by atoms with Crippen LogP contribution in [0.3, 0.4) is 0 Å². The lowest BCUT2D eigenvalue weighted by molar-refractivity contribution is -0.126. The molecule has 4 heteroatoms. The molecule has 1 aromatic heterocycles. The van der Waals surface area contributed by atoms with Crippen molar-refractivity contribution in [1.29, 1.82) is 0 Å². The molecule has 0 radical (unpaired) electrons. The maximum absolute atomic E-state index is 12.3. The molecular formula is C15H18N2O2. The van der Waals surface area contributed by atoms with Gasteiger partial charge in [0.05, 0.1) is 23.8 Å². The van der Waals surface area contributed by atoms with Crippen LogP contribution in [0.4, 0.5) is 0 Å². The summed E-state index contributed by atoms with van der Waals surface area (Å²) in [5, 5.41) is 0.559. The van der Waals surface area contributed by atoms with Crippen LogP contribution in [0, 0.1) is 12.3 Å². The molecule has 0 atom stereocenters. The predicted octanol–water partition coefficient (Wildman–Crippen LogP) is 2.32. The van der Waals surface area contributed by atoms with Gasteiger partial charge in [-0.1, -0.05) is 32.4 Å². The normalized spacial score (nSPS) is 11.8. The van der Waals surface area contributed by atoms with E-state index in [0.717, 1.165) is 5.56 Å². The second kappa shape index (κ2) is 4.61. The minimum absolute atomic E-state index is 0.0170. The second-order valence-corrected chi connectivity index (χ2v) is 5.87. The lowest BCUT2D eigenvalue weighted by atomic mass is 9.91. The highest BCUT2D eigenvalue weighted by Crippen LogP contribution is 2.15. The van der Waals surface area contributed by atoms with Gasteiger partial charge in [-0.25, -0.2) is 4.98 Å². The molecule has 0 saturated carbocycles. The van der Waals surface area contributed by atoms with Gasteiger partial charge in [0.1, 0.15) is 0 Å². The van der Waals surface area contributed by atoms with E-state index < -0.39 is 5.41 Å². The van der Waals surface area contributed by atoms with Crippen molar-refractivity contribution in [1.82, 2.24) is 9.55 Å². The Morgan fingerprint density at radius 3 is 2.63 bits per heavy atom. The van der Waals surface area contributed by atoms with E-state index in [1.54, 1.807) is 0 Å². The predicted molar refractivity (Wildman–Crippen MR) is 75.2 cm³/mol. The average molecular weight is 258 g/mol. The van der Waals surface area contributed by atoms with E-state index in [2.05, 4.69) is 4.98 Å². The van der Waals surface area contributed by atoms with E-state index in [1.165, 1.54) is 10.9 Å². The molecule has 0 amide bonds. The Labute approximate surface area is 112 Å². The first-order valence-electron chi connectivity index (χ1n) is 6.28. The largest absolute Gasteiger partial charge is 0.297 e. The van der Waals surface area contributed by atoms with Crippen LogP contribution in [-0.4, -0.2) is 15.3 Å². The number of carbonyl (C=O) groups excluding carboxylic acids is 1. The summed E-state index contributed by atoms with van der Waals surface area (Å²) in [4.78, 5) is 28.5. The number of carbonyl (C=O) groups is 1. The Kier molecular flexibility index (Phi) is 3.27. The van der Waals surface area contributed by atoms with E-state index in [0.29, 0.717) is 10.9 Å². The molecule has 4 nitrogen and oxygen atoms in total. The van der Waals surface area contributed by atoms with Crippen molar-refractivity contribution < 1.29 is 4.79 Å². The maximum atomic E-state index is 12.3. The number of hydrogen-bond acceptors (Lipinski definition) is 3. The van der Waals surface area contributed by atoms with Gasteiger partial charge in [-0.2, -0.15) is 0 Å².